The van der Waals surface area contributed by atoms with Gasteiger partial charge in [-0.25, -0.2) is 0 Å². The van der Waals surface area contributed by atoms with Crippen molar-refractivity contribution < 1.29 is 4.74 Å². The third kappa shape index (κ3) is 4.94. The lowest BCUT2D eigenvalue weighted by Crippen LogP contribution is -2.11. The van der Waals surface area contributed by atoms with Gasteiger partial charge >= 0.3 is 0 Å². The Labute approximate surface area is 130 Å². The second kappa shape index (κ2) is 7.04. The van der Waals surface area contributed by atoms with Gasteiger partial charge in [0, 0.05) is 26.8 Å². The molecule has 1 N–H and O–H groups in total. The van der Waals surface area contributed by atoms with Crippen LogP contribution in [0.3, 0.4) is 0 Å². The lowest BCUT2D eigenvalue weighted by Gasteiger charge is -2.09. The summed E-state index contributed by atoms with van der Waals surface area (Å²) in [5.74, 6) is 0.834. The Morgan fingerprint density at radius 3 is 2.47 bits per heavy atom. The maximum absolute atomic E-state index is 5.92. The van der Waals surface area contributed by atoms with E-state index in [1.54, 1.807) is 6.07 Å². The molecule has 100 valence electrons. The highest BCUT2D eigenvalue weighted by atomic mass is 79.9. The molecule has 0 atom stereocenters. The van der Waals surface area contributed by atoms with Crippen LogP contribution in [-0.2, 0) is 0 Å². The van der Waals surface area contributed by atoms with Crippen LogP contribution < -0.4 is 10.1 Å². The third-order valence-corrected chi connectivity index (χ3v) is 3.29. The van der Waals surface area contributed by atoms with E-state index in [2.05, 4.69) is 21.2 Å². The summed E-state index contributed by atoms with van der Waals surface area (Å²) in [7, 11) is 0. The maximum Gasteiger partial charge on any atom is 0.120 e. The van der Waals surface area contributed by atoms with Crippen LogP contribution in [0.1, 0.15) is 0 Å². The Morgan fingerprint density at radius 2 is 1.79 bits per heavy atom. The summed E-state index contributed by atoms with van der Waals surface area (Å²) in [6.07, 6.45) is 0. The molecule has 0 aliphatic heterocycles. The van der Waals surface area contributed by atoms with Crippen LogP contribution in [0.4, 0.5) is 5.69 Å². The maximum atomic E-state index is 5.92. The minimum absolute atomic E-state index is 0.556. The van der Waals surface area contributed by atoms with Gasteiger partial charge in [0.05, 0.1) is 0 Å². The fourth-order valence-electron chi connectivity index (χ4n) is 1.58. The molecule has 0 bridgehead atoms. The normalized spacial score (nSPS) is 10.3. The molecule has 2 aromatic rings. The number of ether oxygens (including phenoxy) is 1. The molecule has 0 aromatic heterocycles. The first-order valence-corrected chi connectivity index (χ1v) is 7.27. The third-order valence-electron chi connectivity index (χ3n) is 2.36. The number of hydrogen-bond acceptors (Lipinski definition) is 2. The van der Waals surface area contributed by atoms with Crippen LogP contribution in [0.15, 0.2) is 46.9 Å². The van der Waals surface area contributed by atoms with Crippen molar-refractivity contribution in [3.8, 4) is 5.75 Å². The number of hydrogen-bond donors (Lipinski definition) is 1. The Balaban J connectivity index is 1.80. The molecule has 19 heavy (non-hydrogen) atoms. The molecule has 0 saturated heterocycles. The summed E-state index contributed by atoms with van der Waals surface area (Å²) >= 11 is 15.2. The van der Waals surface area contributed by atoms with Crippen molar-refractivity contribution in [3.05, 3.63) is 57.0 Å². The highest BCUT2D eigenvalue weighted by Crippen LogP contribution is 2.22. The van der Waals surface area contributed by atoms with Crippen molar-refractivity contribution in [2.75, 3.05) is 18.5 Å². The van der Waals surface area contributed by atoms with Crippen LogP contribution in [0.25, 0.3) is 0 Å². The van der Waals surface area contributed by atoms with E-state index in [1.807, 2.05) is 36.4 Å². The van der Waals surface area contributed by atoms with Gasteiger partial charge in [0.15, 0.2) is 0 Å². The van der Waals surface area contributed by atoms with Crippen LogP contribution in [0.2, 0.25) is 10.0 Å². The molecule has 2 nitrogen and oxygen atoms in total. The number of rotatable bonds is 5. The monoisotopic (exact) mass is 359 g/mol. The Hall–Kier alpha value is -0.900. The molecule has 0 aliphatic rings. The van der Waals surface area contributed by atoms with E-state index in [0.29, 0.717) is 23.2 Å². The number of anilines is 1. The molecule has 0 saturated carbocycles. The zero-order chi connectivity index (χ0) is 13.7. The molecule has 5 heteroatoms. The first-order chi connectivity index (χ1) is 9.13. The quantitative estimate of drug-likeness (QED) is 0.735. The van der Waals surface area contributed by atoms with Gasteiger partial charge in [-0.15, -0.1) is 0 Å². The fraction of sp³-hybridized carbons (Fsp3) is 0.143. The van der Waals surface area contributed by atoms with Gasteiger partial charge in [-0.05, 0) is 36.4 Å². The largest absolute Gasteiger partial charge is 0.492 e. The topological polar surface area (TPSA) is 21.3 Å². The highest BCUT2D eigenvalue weighted by molar-refractivity contribution is 9.10. The SMILES string of the molecule is Clc1cc(Cl)cc(NCCOc2cccc(Br)c2)c1. The fourth-order valence-corrected chi connectivity index (χ4v) is 2.48. The van der Waals surface area contributed by atoms with Gasteiger partial charge in [-0.2, -0.15) is 0 Å². The molecule has 2 rings (SSSR count). The first kappa shape index (κ1) is 14.5. The van der Waals surface area contributed by atoms with Crippen LogP contribution in [0.5, 0.6) is 5.75 Å². The van der Waals surface area contributed by atoms with Crippen LogP contribution in [-0.4, -0.2) is 13.2 Å². The zero-order valence-electron chi connectivity index (χ0n) is 10.00. The van der Waals surface area contributed by atoms with E-state index < -0.39 is 0 Å². The smallest absolute Gasteiger partial charge is 0.120 e. The van der Waals surface area contributed by atoms with Crippen molar-refractivity contribution in [1.29, 1.82) is 0 Å². The molecular formula is C14H12BrCl2NO. The highest BCUT2D eigenvalue weighted by Gasteiger charge is 1.98. The minimum Gasteiger partial charge on any atom is -0.492 e. The summed E-state index contributed by atoms with van der Waals surface area (Å²) in [6, 6.07) is 13.1. The van der Waals surface area contributed by atoms with Gasteiger partial charge in [-0.3, -0.25) is 0 Å². The van der Waals surface area contributed by atoms with Crippen molar-refractivity contribution in [2.24, 2.45) is 0 Å². The van der Waals surface area contributed by atoms with Crippen molar-refractivity contribution in [1.82, 2.24) is 0 Å². The summed E-state index contributed by atoms with van der Waals surface area (Å²) in [4.78, 5) is 0. The van der Waals surface area contributed by atoms with Gasteiger partial charge in [0.2, 0.25) is 0 Å². The Bertz CT molecular complexity index is 543. The van der Waals surface area contributed by atoms with Gasteiger partial charge < -0.3 is 10.1 Å². The second-order valence-electron chi connectivity index (χ2n) is 3.89. The van der Waals surface area contributed by atoms with E-state index in [0.717, 1.165) is 15.9 Å². The standard InChI is InChI=1S/C14H12BrCl2NO/c15-10-2-1-3-14(6-10)19-5-4-18-13-8-11(16)7-12(17)9-13/h1-3,6-9,18H,4-5H2. The van der Waals surface area contributed by atoms with E-state index in [1.165, 1.54) is 0 Å². The van der Waals surface area contributed by atoms with Gasteiger partial charge in [0.25, 0.3) is 0 Å². The van der Waals surface area contributed by atoms with E-state index in [9.17, 15) is 0 Å². The lowest BCUT2D eigenvalue weighted by atomic mass is 10.3. The van der Waals surface area contributed by atoms with Gasteiger partial charge in [-0.1, -0.05) is 45.2 Å². The summed E-state index contributed by atoms with van der Waals surface area (Å²) in [6.45, 7) is 1.23. The average Bonchev–Trinajstić information content (AvgIpc) is 2.34. The van der Waals surface area contributed by atoms with E-state index in [4.69, 9.17) is 27.9 Å². The number of benzene rings is 2. The van der Waals surface area contributed by atoms with Crippen molar-refractivity contribution in [2.45, 2.75) is 0 Å². The molecule has 0 amide bonds. The number of nitrogens with one attached hydrogen (secondary N) is 1. The summed E-state index contributed by atoms with van der Waals surface area (Å²) in [5.41, 5.74) is 0.885. The molecule has 0 unspecified atom stereocenters. The minimum atomic E-state index is 0.556. The van der Waals surface area contributed by atoms with E-state index in [-0.39, 0.29) is 0 Å². The molecule has 0 heterocycles. The molecular weight excluding hydrogens is 349 g/mol. The molecule has 0 aliphatic carbocycles. The molecule has 2 aromatic carbocycles. The second-order valence-corrected chi connectivity index (χ2v) is 5.68. The predicted octanol–water partition coefficient (Wildman–Crippen LogP) is 5.25. The van der Waals surface area contributed by atoms with Crippen molar-refractivity contribution in [3.63, 3.8) is 0 Å². The van der Waals surface area contributed by atoms with Gasteiger partial charge in [0.1, 0.15) is 12.4 Å². The van der Waals surface area contributed by atoms with Crippen LogP contribution in [0, 0.1) is 0 Å². The predicted molar refractivity (Wildman–Crippen MR) is 84.6 cm³/mol. The summed E-state index contributed by atoms with van der Waals surface area (Å²) < 4.78 is 6.61. The molecule has 0 fully saturated rings. The zero-order valence-corrected chi connectivity index (χ0v) is 13.1. The Morgan fingerprint density at radius 1 is 1.05 bits per heavy atom. The lowest BCUT2D eigenvalue weighted by molar-refractivity contribution is 0.332. The Kier molecular flexibility index (Phi) is 5.37. The molecule has 0 radical (unpaired) electrons. The molecule has 0 spiro atoms. The first-order valence-electron chi connectivity index (χ1n) is 5.72. The van der Waals surface area contributed by atoms with Crippen molar-refractivity contribution >= 4 is 44.8 Å². The summed E-state index contributed by atoms with van der Waals surface area (Å²) in [5, 5.41) is 4.43. The van der Waals surface area contributed by atoms with Crippen LogP contribution >= 0.6 is 39.1 Å². The average molecular weight is 361 g/mol. The number of halogens is 3. The van der Waals surface area contributed by atoms with E-state index >= 15 is 0 Å².